The van der Waals surface area contributed by atoms with Crippen LogP contribution in [0.25, 0.3) is 0 Å². The molecule has 1 aromatic rings. The third-order valence-electron chi connectivity index (χ3n) is 3.11. The van der Waals surface area contributed by atoms with Crippen LogP contribution in [-0.4, -0.2) is 11.5 Å². The molecule has 1 aliphatic rings. The Hall–Kier alpha value is -0.670. The van der Waals surface area contributed by atoms with E-state index in [1.807, 2.05) is 5.51 Å². The first-order chi connectivity index (χ1) is 7.74. The minimum Gasteiger partial charge on any atom is -0.311 e. The molecule has 1 heterocycles. The molecule has 2 unspecified atom stereocenters. The van der Waals surface area contributed by atoms with Crippen LogP contribution in [0.1, 0.15) is 32.4 Å². The monoisotopic (exact) mass is 236 g/mol. The van der Waals surface area contributed by atoms with Crippen molar-refractivity contribution in [1.29, 1.82) is 0 Å². The average Bonchev–Trinajstić information content (AvgIpc) is 2.69. The van der Waals surface area contributed by atoms with Crippen molar-refractivity contribution in [3.8, 4) is 0 Å². The molecule has 16 heavy (non-hydrogen) atoms. The Kier molecular flexibility index (Phi) is 4.13. The molecule has 1 aromatic heterocycles. The smallest absolute Gasteiger partial charge is 0.0795 e. The highest BCUT2D eigenvalue weighted by Gasteiger charge is 2.17. The van der Waals surface area contributed by atoms with E-state index in [0.29, 0.717) is 0 Å². The molecule has 0 aromatic carbocycles. The van der Waals surface area contributed by atoms with Crippen LogP contribution in [0.4, 0.5) is 0 Å². The van der Waals surface area contributed by atoms with E-state index in [2.05, 4.69) is 35.6 Å². The van der Waals surface area contributed by atoms with Crippen molar-refractivity contribution in [1.82, 2.24) is 10.3 Å². The second kappa shape index (κ2) is 5.60. The van der Waals surface area contributed by atoms with Crippen LogP contribution in [0.3, 0.4) is 0 Å². The normalized spacial score (nSPS) is 25.5. The lowest BCUT2D eigenvalue weighted by Gasteiger charge is -2.25. The van der Waals surface area contributed by atoms with Crippen molar-refractivity contribution in [3.63, 3.8) is 0 Å². The number of rotatable bonds is 4. The zero-order valence-corrected chi connectivity index (χ0v) is 10.9. The Labute approximate surface area is 102 Å². The molecule has 1 aliphatic carbocycles. The highest BCUT2D eigenvalue weighted by molar-refractivity contribution is 7.07. The molecule has 0 radical (unpaired) electrons. The maximum atomic E-state index is 4.27. The molecular weight excluding hydrogens is 216 g/mol. The van der Waals surface area contributed by atoms with Crippen molar-refractivity contribution < 1.29 is 0 Å². The van der Waals surface area contributed by atoms with Crippen LogP contribution < -0.4 is 5.32 Å². The topological polar surface area (TPSA) is 24.9 Å². The van der Waals surface area contributed by atoms with E-state index >= 15 is 0 Å². The van der Waals surface area contributed by atoms with Gasteiger partial charge >= 0.3 is 0 Å². The Morgan fingerprint density at radius 2 is 2.44 bits per heavy atom. The molecule has 2 atom stereocenters. The average molecular weight is 236 g/mol. The van der Waals surface area contributed by atoms with Gasteiger partial charge in [-0.2, -0.15) is 0 Å². The Morgan fingerprint density at radius 1 is 1.56 bits per heavy atom. The van der Waals surface area contributed by atoms with Gasteiger partial charge in [-0.05, 0) is 38.1 Å². The fourth-order valence-corrected chi connectivity index (χ4v) is 3.13. The van der Waals surface area contributed by atoms with Crippen LogP contribution in [0.15, 0.2) is 22.5 Å². The molecule has 88 valence electrons. The summed E-state index contributed by atoms with van der Waals surface area (Å²) in [6.07, 6.45) is 4.99. The standard InChI is InChI=1S/C13H20N2S/c1-10-3-11(2)5-12(4-10)6-14-7-13-8-16-9-15-13/h3,8-10,12,14H,4-7H2,1-2H3. The van der Waals surface area contributed by atoms with Crippen molar-refractivity contribution in [2.24, 2.45) is 11.8 Å². The largest absolute Gasteiger partial charge is 0.311 e. The van der Waals surface area contributed by atoms with Gasteiger partial charge in [-0.1, -0.05) is 18.6 Å². The third-order valence-corrected chi connectivity index (χ3v) is 3.74. The fourth-order valence-electron chi connectivity index (χ4n) is 2.57. The second-order valence-corrected chi connectivity index (χ2v) is 5.63. The molecule has 0 fully saturated rings. The number of hydrogen-bond donors (Lipinski definition) is 1. The molecule has 0 amide bonds. The van der Waals surface area contributed by atoms with Crippen molar-refractivity contribution in [2.45, 2.75) is 33.2 Å². The summed E-state index contributed by atoms with van der Waals surface area (Å²) in [4.78, 5) is 4.27. The predicted molar refractivity (Wildman–Crippen MR) is 69.5 cm³/mol. The van der Waals surface area contributed by atoms with Gasteiger partial charge in [0.1, 0.15) is 0 Å². The fraction of sp³-hybridized carbons (Fsp3) is 0.615. The Morgan fingerprint density at radius 3 is 3.12 bits per heavy atom. The highest BCUT2D eigenvalue weighted by atomic mass is 32.1. The minimum atomic E-state index is 0.750. The van der Waals surface area contributed by atoms with Crippen molar-refractivity contribution in [3.05, 3.63) is 28.2 Å². The SMILES string of the molecule is CC1=CC(C)CC(CNCc2cscn2)C1. The van der Waals surface area contributed by atoms with Crippen LogP contribution >= 0.6 is 11.3 Å². The van der Waals surface area contributed by atoms with Gasteiger partial charge in [-0.3, -0.25) is 0 Å². The van der Waals surface area contributed by atoms with E-state index in [9.17, 15) is 0 Å². The first-order valence-corrected chi connectivity index (χ1v) is 6.93. The zero-order valence-electron chi connectivity index (χ0n) is 10.1. The van der Waals surface area contributed by atoms with Gasteiger partial charge in [0.05, 0.1) is 11.2 Å². The van der Waals surface area contributed by atoms with Crippen molar-refractivity contribution >= 4 is 11.3 Å². The van der Waals surface area contributed by atoms with E-state index < -0.39 is 0 Å². The second-order valence-electron chi connectivity index (χ2n) is 4.91. The quantitative estimate of drug-likeness (QED) is 0.812. The van der Waals surface area contributed by atoms with Gasteiger partial charge < -0.3 is 5.32 Å². The van der Waals surface area contributed by atoms with E-state index in [1.165, 1.54) is 18.5 Å². The van der Waals surface area contributed by atoms with Crippen LogP contribution in [-0.2, 0) is 6.54 Å². The Bertz CT molecular complexity index is 343. The maximum absolute atomic E-state index is 4.27. The third kappa shape index (κ3) is 3.42. The summed E-state index contributed by atoms with van der Waals surface area (Å²) in [6.45, 7) is 6.60. The number of nitrogens with one attached hydrogen (secondary N) is 1. The summed E-state index contributed by atoms with van der Waals surface area (Å²) in [5, 5.41) is 5.63. The molecule has 3 heteroatoms. The van der Waals surface area contributed by atoms with Gasteiger partial charge in [-0.15, -0.1) is 11.3 Å². The molecule has 0 saturated carbocycles. The van der Waals surface area contributed by atoms with E-state index in [4.69, 9.17) is 0 Å². The predicted octanol–water partition coefficient (Wildman–Crippen LogP) is 3.23. The lowest BCUT2D eigenvalue weighted by Crippen LogP contribution is -2.25. The van der Waals surface area contributed by atoms with Gasteiger partial charge in [0, 0.05) is 11.9 Å². The summed E-state index contributed by atoms with van der Waals surface area (Å²) in [6, 6.07) is 0. The molecular formula is C13H20N2S. The van der Waals surface area contributed by atoms with Crippen LogP contribution in [0.2, 0.25) is 0 Å². The number of allylic oxidation sites excluding steroid dienone is 2. The molecule has 0 aliphatic heterocycles. The van der Waals surface area contributed by atoms with E-state index in [1.54, 1.807) is 16.9 Å². The first kappa shape index (κ1) is 11.8. The molecule has 0 spiro atoms. The van der Waals surface area contributed by atoms with Gasteiger partial charge in [-0.25, -0.2) is 4.98 Å². The van der Waals surface area contributed by atoms with E-state index in [0.717, 1.165) is 24.9 Å². The zero-order chi connectivity index (χ0) is 11.4. The lowest BCUT2D eigenvalue weighted by molar-refractivity contribution is 0.380. The lowest BCUT2D eigenvalue weighted by atomic mass is 9.84. The summed E-state index contributed by atoms with van der Waals surface area (Å²) >= 11 is 1.67. The minimum absolute atomic E-state index is 0.750. The number of nitrogens with zero attached hydrogens (tertiary/aromatic N) is 1. The molecule has 1 N–H and O–H groups in total. The number of thiazole rings is 1. The molecule has 0 saturated heterocycles. The van der Waals surface area contributed by atoms with Crippen LogP contribution in [0.5, 0.6) is 0 Å². The maximum Gasteiger partial charge on any atom is 0.0795 e. The molecule has 2 rings (SSSR count). The summed E-state index contributed by atoms with van der Waals surface area (Å²) in [5.41, 5.74) is 4.62. The summed E-state index contributed by atoms with van der Waals surface area (Å²) in [5.74, 6) is 1.55. The summed E-state index contributed by atoms with van der Waals surface area (Å²) < 4.78 is 0. The molecule has 0 bridgehead atoms. The van der Waals surface area contributed by atoms with Crippen molar-refractivity contribution in [2.75, 3.05) is 6.54 Å². The number of hydrogen-bond acceptors (Lipinski definition) is 3. The van der Waals surface area contributed by atoms with Crippen LogP contribution in [0, 0.1) is 11.8 Å². The van der Waals surface area contributed by atoms with Gasteiger partial charge in [0.25, 0.3) is 0 Å². The van der Waals surface area contributed by atoms with Gasteiger partial charge in [0.2, 0.25) is 0 Å². The molecule has 2 nitrogen and oxygen atoms in total. The number of aromatic nitrogens is 1. The summed E-state index contributed by atoms with van der Waals surface area (Å²) in [7, 11) is 0. The first-order valence-electron chi connectivity index (χ1n) is 5.99. The van der Waals surface area contributed by atoms with E-state index in [-0.39, 0.29) is 0 Å². The highest BCUT2D eigenvalue weighted by Crippen LogP contribution is 2.27. The Balaban J connectivity index is 1.73. The van der Waals surface area contributed by atoms with Gasteiger partial charge in [0.15, 0.2) is 0 Å².